The van der Waals surface area contributed by atoms with Crippen molar-refractivity contribution in [1.29, 1.82) is 0 Å². The summed E-state index contributed by atoms with van der Waals surface area (Å²) >= 11 is 0. The van der Waals surface area contributed by atoms with Gasteiger partial charge in [-0.1, -0.05) is 50.6 Å². The van der Waals surface area contributed by atoms with Crippen LogP contribution in [0.15, 0.2) is 30.3 Å². The van der Waals surface area contributed by atoms with E-state index >= 15 is 0 Å². The van der Waals surface area contributed by atoms with E-state index in [1.807, 2.05) is 18.2 Å². The van der Waals surface area contributed by atoms with Crippen LogP contribution < -0.4 is 0 Å². The Kier molecular flexibility index (Phi) is 3.97. The van der Waals surface area contributed by atoms with E-state index in [2.05, 4.69) is 26.0 Å². The fourth-order valence-electron chi connectivity index (χ4n) is 1.52. The van der Waals surface area contributed by atoms with Crippen molar-refractivity contribution in [2.45, 2.75) is 38.7 Å². The third kappa shape index (κ3) is 2.85. The van der Waals surface area contributed by atoms with Gasteiger partial charge in [0.05, 0.1) is 6.10 Å². The van der Waals surface area contributed by atoms with Gasteiger partial charge in [-0.05, 0) is 12.0 Å². The standard InChI is InChI=1S/C12H18O/c1-3-7-12(13)10(2)11-8-5-4-6-9-11/h4-6,8-10,12-13H,3,7H2,1-2H3/t10?,12-/m0/s1. The zero-order chi connectivity index (χ0) is 9.68. The Labute approximate surface area is 80.4 Å². The van der Waals surface area contributed by atoms with Crippen LogP contribution in [0.2, 0.25) is 0 Å². The average Bonchev–Trinajstić information content (AvgIpc) is 2.18. The Bertz CT molecular complexity index is 230. The minimum atomic E-state index is -0.201. The highest BCUT2D eigenvalue weighted by atomic mass is 16.3. The summed E-state index contributed by atoms with van der Waals surface area (Å²) in [5.41, 5.74) is 1.23. The number of rotatable bonds is 4. The zero-order valence-electron chi connectivity index (χ0n) is 8.40. The fourth-order valence-corrected chi connectivity index (χ4v) is 1.52. The van der Waals surface area contributed by atoms with Crippen LogP contribution in [0.4, 0.5) is 0 Å². The Morgan fingerprint density at radius 2 is 1.85 bits per heavy atom. The van der Waals surface area contributed by atoms with E-state index in [4.69, 9.17) is 0 Å². The molecule has 0 aliphatic rings. The Balaban J connectivity index is 2.62. The fraction of sp³-hybridized carbons (Fsp3) is 0.500. The molecule has 1 heteroatoms. The molecule has 1 aromatic carbocycles. The van der Waals surface area contributed by atoms with Gasteiger partial charge >= 0.3 is 0 Å². The SMILES string of the molecule is CCC[C@H](O)C(C)c1ccccc1. The summed E-state index contributed by atoms with van der Waals surface area (Å²) in [6, 6.07) is 10.2. The van der Waals surface area contributed by atoms with Crippen LogP contribution in [0.3, 0.4) is 0 Å². The lowest BCUT2D eigenvalue weighted by atomic mass is 9.93. The molecule has 0 aliphatic carbocycles. The van der Waals surface area contributed by atoms with Crippen molar-refractivity contribution in [2.75, 3.05) is 0 Å². The van der Waals surface area contributed by atoms with Gasteiger partial charge in [0.15, 0.2) is 0 Å². The second-order valence-electron chi connectivity index (χ2n) is 3.56. The molecule has 0 saturated heterocycles. The predicted molar refractivity (Wildman–Crippen MR) is 55.8 cm³/mol. The Hall–Kier alpha value is -0.820. The van der Waals surface area contributed by atoms with Crippen molar-refractivity contribution < 1.29 is 5.11 Å². The van der Waals surface area contributed by atoms with Gasteiger partial charge in [-0.2, -0.15) is 0 Å². The molecule has 0 saturated carbocycles. The first-order valence-corrected chi connectivity index (χ1v) is 4.98. The van der Waals surface area contributed by atoms with E-state index in [1.54, 1.807) is 0 Å². The van der Waals surface area contributed by atoms with Crippen molar-refractivity contribution in [1.82, 2.24) is 0 Å². The molecule has 0 heterocycles. The minimum Gasteiger partial charge on any atom is -0.393 e. The number of aliphatic hydroxyl groups excluding tert-OH is 1. The summed E-state index contributed by atoms with van der Waals surface area (Å²) in [5, 5.41) is 9.77. The third-order valence-electron chi connectivity index (χ3n) is 2.49. The molecule has 72 valence electrons. The lowest BCUT2D eigenvalue weighted by molar-refractivity contribution is 0.139. The molecule has 1 rings (SSSR count). The molecule has 1 unspecified atom stereocenters. The van der Waals surface area contributed by atoms with Gasteiger partial charge < -0.3 is 5.11 Å². The maximum absolute atomic E-state index is 9.77. The van der Waals surface area contributed by atoms with E-state index in [0.29, 0.717) is 0 Å². The summed E-state index contributed by atoms with van der Waals surface area (Å²) in [6.07, 6.45) is 1.72. The van der Waals surface area contributed by atoms with Gasteiger partial charge in [0.2, 0.25) is 0 Å². The maximum atomic E-state index is 9.77. The first-order valence-electron chi connectivity index (χ1n) is 4.98. The summed E-state index contributed by atoms with van der Waals surface area (Å²) in [4.78, 5) is 0. The van der Waals surface area contributed by atoms with Crippen LogP contribution in [-0.4, -0.2) is 11.2 Å². The van der Waals surface area contributed by atoms with Gasteiger partial charge in [-0.25, -0.2) is 0 Å². The van der Waals surface area contributed by atoms with Crippen molar-refractivity contribution in [3.8, 4) is 0 Å². The second-order valence-corrected chi connectivity index (χ2v) is 3.56. The van der Waals surface area contributed by atoms with E-state index in [1.165, 1.54) is 5.56 Å². The molecule has 0 aromatic heterocycles. The van der Waals surface area contributed by atoms with Gasteiger partial charge in [0, 0.05) is 5.92 Å². The topological polar surface area (TPSA) is 20.2 Å². The van der Waals surface area contributed by atoms with E-state index in [0.717, 1.165) is 12.8 Å². The van der Waals surface area contributed by atoms with Gasteiger partial charge in [-0.3, -0.25) is 0 Å². The van der Waals surface area contributed by atoms with E-state index < -0.39 is 0 Å². The van der Waals surface area contributed by atoms with Crippen molar-refractivity contribution in [3.05, 3.63) is 35.9 Å². The van der Waals surface area contributed by atoms with Crippen LogP contribution in [-0.2, 0) is 0 Å². The molecule has 0 fully saturated rings. The van der Waals surface area contributed by atoms with Crippen molar-refractivity contribution in [3.63, 3.8) is 0 Å². The molecule has 13 heavy (non-hydrogen) atoms. The normalized spacial score (nSPS) is 15.3. The third-order valence-corrected chi connectivity index (χ3v) is 2.49. The molecule has 2 atom stereocenters. The highest BCUT2D eigenvalue weighted by Gasteiger charge is 2.14. The van der Waals surface area contributed by atoms with Crippen LogP contribution in [0, 0.1) is 0 Å². The molecular formula is C12H18O. The van der Waals surface area contributed by atoms with Gasteiger partial charge in [-0.15, -0.1) is 0 Å². The molecule has 1 nitrogen and oxygen atoms in total. The summed E-state index contributed by atoms with van der Waals surface area (Å²) in [6.45, 7) is 4.18. The lowest BCUT2D eigenvalue weighted by Gasteiger charge is -2.18. The Morgan fingerprint density at radius 3 is 2.38 bits per heavy atom. The van der Waals surface area contributed by atoms with Crippen LogP contribution in [0.25, 0.3) is 0 Å². The van der Waals surface area contributed by atoms with Crippen molar-refractivity contribution >= 4 is 0 Å². The predicted octanol–water partition coefficient (Wildman–Crippen LogP) is 2.95. The Morgan fingerprint density at radius 1 is 1.23 bits per heavy atom. The molecule has 1 N–H and O–H groups in total. The maximum Gasteiger partial charge on any atom is 0.0606 e. The monoisotopic (exact) mass is 178 g/mol. The molecule has 0 aliphatic heterocycles. The number of benzene rings is 1. The van der Waals surface area contributed by atoms with Gasteiger partial charge in [0.1, 0.15) is 0 Å². The van der Waals surface area contributed by atoms with Crippen LogP contribution in [0.5, 0.6) is 0 Å². The first-order chi connectivity index (χ1) is 6.25. The first kappa shape index (κ1) is 10.3. The highest BCUT2D eigenvalue weighted by molar-refractivity contribution is 5.19. The van der Waals surface area contributed by atoms with Crippen LogP contribution >= 0.6 is 0 Å². The number of hydrogen-bond donors (Lipinski definition) is 1. The quantitative estimate of drug-likeness (QED) is 0.751. The molecule has 0 spiro atoms. The molecule has 0 bridgehead atoms. The molecule has 0 radical (unpaired) electrons. The number of aliphatic hydroxyl groups is 1. The van der Waals surface area contributed by atoms with E-state index in [-0.39, 0.29) is 12.0 Å². The minimum absolute atomic E-state index is 0.201. The number of hydrogen-bond acceptors (Lipinski definition) is 1. The van der Waals surface area contributed by atoms with Gasteiger partial charge in [0.25, 0.3) is 0 Å². The molecular weight excluding hydrogens is 160 g/mol. The van der Waals surface area contributed by atoms with Crippen LogP contribution in [0.1, 0.15) is 38.2 Å². The summed E-state index contributed by atoms with van der Waals surface area (Å²) < 4.78 is 0. The summed E-state index contributed by atoms with van der Waals surface area (Å²) in [5.74, 6) is 0.251. The lowest BCUT2D eigenvalue weighted by Crippen LogP contribution is -2.15. The second kappa shape index (κ2) is 5.03. The molecule has 1 aromatic rings. The summed E-state index contributed by atoms with van der Waals surface area (Å²) in [7, 11) is 0. The smallest absolute Gasteiger partial charge is 0.0606 e. The average molecular weight is 178 g/mol. The largest absolute Gasteiger partial charge is 0.393 e. The highest BCUT2D eigenvalue weighted by Crippen LogP contribution is 2.21. The van der Waals surface area contributed by atoms with Crippen molar-refractivity contribution in [2.24, 2.45) is 0 Å². The zero-order valence-corrected chi connectivity index (χ0v) is 8.40. The van der Waals surface area contributed by atoms with E-state index in [9.17, 15) is 5.11 Å². The molecule has 0 amide bonds.